The van der Waals surface area contributed by atoms with Gasteiger partial charge in [0.2, 0.25) is 5.91 Å². The Morgan fingerprint density at radius 1 is 1.19 bits per heavy atom. The third-order valence-electron chi connectivity index (χ3n) is 3.37. The quantitative estimate of drug-likeness (QED) is 0.728. The predicted molar refractivity (Wildman–Crippen MR) is 102 cm³/mol. The fraction of sp³-hybridized carbons (Fsp3) is 0.158. The lowest BCUT2D eigenvalue weighted by Gasteiger charge is -2.10. The number of rotatable bonds is 7. The van der Waals surface area contributed by atoms with Crippen LogP contribution in [0, 0.1) is 6.92 Å². The summed E-state index contributed by atoms with van der Waals surface area (Å²) in [6, 6.07) is 10.4. The summed E-state index contributed by atoms with van der Waals surface area (Å²) in [5.41, 5.74) is 7.33. The molecule has 0 aliphatic heterocycles. The number of hydrogen-bond acceptors (Lipinski definition) is 4. The van der Waals surface area contributed by atoms with Crippen molar-refractivity contribution in [2.45, 2.75) is 6.92 Å². The van der Waals surface area contributed by atoms with Crippen molar-refractivity contribution in [1.29, 1.82) is 0 Å². The predicted octanol–water partition coefficient (Wildman–Crippen LogP) is 3.17. The fourth-order valence-corrected chi connectivity index (χ4v) is 2.41. The largest absolute Gasteiger partial charge is 0.493 e. The van der Waals surface area contributed by atoms with Crippen molar-refractivity contribution in [3.05, 3.63) is 58.6 Å². The number of primary amides is 1. The number of carbonyl (C=O) groups is 2. The second kappa shape index (κ2) is 8.92. The average Bonchev–Trinajstić information content (AvgIpc) is 2.60. The van der Waals surface area contributed by atoms with Crippen LogP contribution in [0.2, 0.25) is 5.02 Å². The molecule has 0 saturated heterocycles. The van der Waals surface area contributed by atoms with Gasteiger partial charge in [-0.1, -0.05) is 23.7 Å². The van der Waals surface area contributed by atoms with Gasteiger partial charge >= 0.3 is 0 Å². The minimum Gasteiger partial charge on any atom is -0.493 e. The van der Waals surface area contributed by atoms with E-state index in [1.165, 1.54) is 13.2 Å². The third-order valence-corrected chi connectivity index (χ3v) is 3.68. The van der Waals surface area contributed by atoms with Crippen LogP contribution in [0.25, 0.3) is 6.08 Å². The molecule has 3 N–H and O–H groups in total. The van der Waals surface area contributed by atoms with Gasteiger partial charge in [0.15, 0.2) is 18.1 Å². The van der Waals surface area contributed by atoms with Crippen LogP contribution < -0.4 is 20.5 Å². The number of methoxy groups -OCH3 is 1. The first kappa shape index (κ1) is 19.3. The van der Waals surface area contributed by atoms with Crippen molar-refractivity contribution >= 4 is 35.2 Å². The standard InChI is InChI=1S/C19H19ClN2O4/c1-12-3-6-15(14(20)9-12)22-19(24)8-5-13-4-7-16(17(10-13)25-2)26-11-18(21)23/h3-10H,11H2,1-2H3,(H2,21,23)(H,22,24)/b8-5+. The Morgan fingerprint density at radius 2 is 1.96 bits per heavy atom. The molecule has 0 aliphatic carbocycles. The van der Waals surface area contributed by atoms with E-state index < -0.39 is 5.91 Å². The van der Waals surface area contributed by atoms with Crippen molar-refractivity contribution in [2.24, 2.45) is 5.73 Å². The van der Waals surface area contributed by atoms with Crippen LogP contribution >= 0.6 is 11.6 Å². The summed E-state index contributed by atoms with van der Waals surface area (Å²) in [4.78, 5) is 22.9. The number of nitrogens with one attached hydrogen (secondary N) is 1. The molecule has 136 valence electrons. The van der Waals surface area contributed by atoms with Crippen LogP contribution in [0.15, 0.2) is 42.5 Å². The molecule has 2 rings (SSSR count). The van der Waals surface area contributed by atoms with E-state index in [0.29, 0.717) is 22.2 Å². The summed E-state index contributed by atoms with van der Waals surface area (Å²) < 4.78 is 10.5. The van der Waals surface area contributed by atoms with Crippen LogP contribution in [0.3, 0.4) is 0 Å². The second-order valence-corrected chi connectivity index (χ2v) is 5.88. The minimum absolute atomic E-state index is 0.245. The summed E-state index contributed by atoms with van der Waals surface area (Å²) in [7, 11) is 1.48. The molecule has 7 heteroatoms. The maximum atomic E-state index is 12.1. The third kappa shape index (κ3) is 5.53. The highest BCUT2D eigenvalue weighted by atomic mass is 35.5. The fourth-order valence-electron chi connectivity index (χ4n) is 2.12. The van der Waals surface area contributed by atoms with E-state index in [1.807, 2.05) is 13.0 Å². The van der Waals surface area contributed by atoms with Gasteiger partial charge in [-0.2, -0.15) is 0 Å². The van der Waals surface area contributed by atoms with E-state index in [2.05, 4.69) is 5.32 Å². The number of carbonyl (C=O) groups excluding carboxylic acids is 2. The monoisotopic (exact) mass is 374 g/mol. The van der Waals surface area contributed by atoms with E-state index in [0.717, 1.165) is 11.1 Å². The zero-order valence-electron chi connectivity index (χ0n) is 14.4. The molecule has 0 atom stereocenters. The number of aryl methyl sites for hydroxylation is 1. The van der Waals surface area contributed by atoms with Gasteiger partial charge in [-0.15, -0.1) is 0 Å². The Balaban J connectivity index is 2.06. The van der Waals surface area contributed by atoms with Crippen LogP contribution in [0.5, 0.6) is 11.5 Å². The maximum absolute atomic E-state index is 12.1. The molecule has 26 heavy (non-hydrogen) atoms. The summed E-state index contributed by atoms with van der Waals surface area (Å²) in [6.07, 6.45) is 3.01. The number of benzene rings is 2. The number of amides is 2. The molecule has 0 unspecified atom stereocenters. The lowest BCUT2D eigenvalue weighted by Crippen LogP contribution is -2.20. The normalized spacial score (nSPS) is 10.6. The molecule has 0 heterocycles. The van der Waals surface area contributed by atoms with E-state index in [4.69, 9.17) is 26.8 Å². The van der Waals surface area contributed by atoms with Gasteiger partial charge in [-0.3, -0.25) is 9.59 Å². The Hall–Kier alpha value is -2.99. The number of ether oxygens (including phenoxy) is 2. The SMILES string of the molecule is COc1cc(/C=C/C(=O)Nc2ccc(C)cc2Cl)ccc1OCC(N)=O. The molecule has 0 fully saturated rings. The molecule has 0 spiro atoms. The van der Waals surface area contributed by atoms with Gasteiger partial charge in [0, 0.05) is 6.08 Å². The molecule has 0 saturated carbocycles. The molecular weight excluding hydrogens is 356 g/mol. The van der Waals surface area contributed by atoms with E-state index >= 15 is 0 Å². The van der Waals surface area contributed by atoms with Crippen molar-refractivity contribution in [3.8, 4) is 11.5 Å². The molecule has 2 aromatic rings. The molecule has 0 bridgehead atoms. The summed E-state index contributed by atoms with van der Waals surface area (Å²) >= 11 is 6.10. The van der Waals surface area contributed by atoms with Gasteiger partial charge in [0.25, 0.3) is 5.91 Å². The first-order valence-corrected chi connectivity index (χ1v) is 8.11. The summed E-state index contributed by atoms with van der Waals surface area (Å²) in [6.45, 7) is 1.67. The van der Waals surface area contributed by atoms with Crippen LogP contribution in [-0.4, -0.2) is 25.5 Å². The molecule has 6 nitrogen and oxygen atoms in total. The van der Waals surface area contributed by atoms with Crippen LogP contribution in [0.4, 0.5) is 5.69 Å². The average molecular weight is 375 g/mol. The molecule has 2 amide bonds. The van der Waals surface area contributed by atoms with Gasteiger partial charge in [0.1, 0.15) is 0 Å². The maximum Gasteiger partial charge on any atom is 0.255 e. The van der Waals surface area contributed by atoms with Crippen molar-refractivity contribution in [2.75, 3.05) is 19.0 Å². The number of hydrogen-bond donors (Lipinski definition) is 2. The lowest BCUT2D eigenvalue weighted by atomic mass is 10.2. The summed E-state index contributed by atoms with van der Waals surface area (Å²) in [5.74, 6) is -0.0824. The van der Waals surface area contributed by atoms with E-state index in [1.54, 1.807) is 36.4 Å². The second-order valence-electron chi connectivity index (χ2n) is 5.47. The summed E-state index contributed by atoms with van der Waals surface area (Å²) in [5, 5.41) is 3.19. The van der Waals surface area contributed by atoms with Gasteiger partial charge < -0.3 is 20.5 Å². The van der Waals surface area contributed by atoms with Gasteiger partial charge in [-0.25, -0.2) is 0 Å². The van der Waals surface area contributed by atoms with Crippen molar-refractivity contribution < 1.29 is 19.1 Å². The Labute approximate surface area is 156 Å². The Morgan fingerprint density at radius 3 is 2.62 bits per heavy atom. The zero-order valence-corrected chi connectivity index (χ0v) is 15.2. The topological polar surface area (TPSA) is 90.7 Å². The van der Waals surface area contributed by atoms with E-state index in [-0.39, 0.29) is 12.5 Å². The highest BCUT2D eigenvalue weighted by molar-refractivity contribution is 6.33. The Kier molecular flexibility index (Phi) is 6.63. The van der Waals surface area contributed by atoms with Crippen molar-refractivity contribution in [3.63, 3.8) is 0 Å². The van der Waals surface area contributed by atoms with Crippen LogP contribution in [0.1, 0.15) is 11.1 Å². The van der Waals surface area contributed by atoms with Crippen molar-refractivity contribution in [1.82, 2.24) is 0 Å². The highest BCUT2D eigenvalue weighted by Gasteiger charge is 2.07. The minimum atomic E-state index is -0.581. The molecule has 0 aliphatic rings. The number of nitrogens with two attached hydrogens (primary N) is 1. The molecular formula is C19H19ClN2O4. The lowest BCUT2D eigenvalue weighted by molar-refractivity contribution is -0.120. The van der Waals surface area contributed by atoms with Crippen LogP contribution in [-0.2, 0) is 9.59 Å². The first-order valence-electron chi connectivity index (χ1n) is 7.73. The zero-order chi connectivity index (χ0) is 19.1. The highest BCUT2D eigenvalue weighted by Crippen LogP contribution is 2.28. The number of halogens is 1. The molecule has 2 aromatic carbocycles. The Bertz CT molecular complexity index is 849. The molecule has 0 radical (unpaired) electrons. The van der Waals surface area contributed by atoms with E-state index in [9.17, 15) is 9.59 Å². The van der Waals surface area contributed by atoms with Gasteiger partial charge in [-0.05, 0) is 48.4 Å². The molecule has 0 aromatic heterocycles. The van der Waals surface area contributed by atoms with Gasteiger partial charge in [0.05, 0.1) is 17.8 Å². The number of anilines is 1. The smallest absolute Gasteiger partial charge is 0.255 e. The first-order chi connectivity index (χ1) is 12.4.